The van der Waals surface area contributed by atoms with Crippen LogP contribution in [0.1, 0.15) is 18.1 Å². The number of halogens is 1. The summed E-state index contributed by atoms with van der Waals surface area (Å²) in [5.41, 5.74) is 7.00. The molecule has 1 aromatic carbocycles. The first-order chi connectivity index (χ1) is 19.8. The van der Waals surface area contributed by atoms with E-state index in [1.54, 1.807) is 30.7 Å². The lowest BCUT2D eigenvalue weighted by molar-refractivity contribution is 0.600. The largest absolute Gasteiger partial charge is 0.335 e. The molecule has 5 aromatic heterocycles. The zero-order valence-electron chi connectivity index (χ0n) is 22.4. The van der Waals surface area contributed by atoms with Crippen LogP contribution in [0.4, 0.5) is 4.39 Å². The molecule has 0 spiro atoms. The molecule has 0 radical (unpaired) electrons. The standard InChI is InChI=1S/C29H27FN8O2S/c1-3-31-13-18-9-20(15-32-14-18)24-12-23-25(16-34-24)37-38-27(23)29-35-26-22(4-6-33-28(26)36-29)19-8-17(10-21(30)11-19)5-7-41(2,39)40/h4,6,8-12,14-16,31H,3,5,7,13H2,1-2H3,(H,37,38)(H,33,35,36). The maximum atomic E-state index is 14.6. The van der Waals surface area contributed by atoms with Crippen molar-refractivity contribution in [1.82, 2.24) is 40.4 Å². The number of imidazole rings is 1. The second-order valence-electron chi connectivity index (χ2n) is 9.92. The summed E-state index contributed by atoms with van der Waals surface area (Å²) in [4.78, 5) is 21.4. The maximum Gasteiger partial charge on any atom is 0.178 e. The summed E-state index contributed by atoms with van der Waals surface area (Å²) < 4.78 is 37.9. The Morgan fingerprint density at radius 2 is 1.85 bits per heavy atom. The van der Waals surface area contributed by atoms with E-state index in [-0.39, 0.29) is 12.2 Å². The monoisotopic (exact) mass is 570 g/mol. The highest BCUT2D eigenvalue weighted by Gasteiger charge is 2.18. The zero-order valence-corrected chi connectivity index (χ0v) is 23.3. The van der Waals surface area contributed by atoms with Gasteiger partial charge in [0.2, 0.25) is 0 Å². The van der Waals surface area contributed by atoms with Gasteiger partial charge in [-0.3, -0.25) is 15.1 Å². The third kappa shape index (κ3) is 5.70. The quantitative estimate of drug-likeness (QED) is 0.231. The lowest BCUT2D eigenvalue weighted by Crippen LogP contribution is -2.11. The number of hydrogen-bond donors (Lipinski definition) is 3. The smallest absolute Gasteiger partial charge is 0.178 e. The SMILES string of the molecule is CCNCc1cncc(-c2cc3c(-c4nc5nccc(-c6cc(F)cc(CCS(C)(=O)=O)c6)c5[nH]4)n[nH]c3cn2)c1. The van der Waals surface area contributed by atoms with Gasteiger partial charge < -0.3 is 10.3 Å². The van der Waals surface area contributed by atoms with Gasteiger partial charge in [0.1, 0.15) is 21.3 Å². The number of nitrogens with zero attached hydrogens (tertiary/aromatic N) is 5. The molecule has 5 heterocycles. The molecule has 0 saturated carbocycles. The van der Waals surface area contributed by atoms with E-state index in [0.29, 0.717) is 39.4 Å². The van der Waals surface area contributed by atoms with Gasteiger partial charge in [0.05, 0.1) is 28.7 Å². The second-order valence-corrected chi connectivity index (χ2v) is 12.2. The number of sulfone groups is 1. The van der Waals surface area contributed by atoms with Crippen LogP contribution in [0.25, 0.3) is 56.0 Å². The van der Waals surface area contributed by atoms with Gasteiger partial charge in [-0.2, -0.15) is 5.10 Å². The number of pyridine rings is 3. The number of fused-ring (bicyclic) bond motifs is 2. The number of benzene rings is 1. The molecular formula is C29H27FN8O2S. The number of aromatic amines is 2. The molecule has 41 heavy (non-hydrogen) atoms. The molecule has 0 fully saturated rings. The predicted octanol–water partition coefficient (Wildman–Crippen LogP) is 4.46. The highest BCUT2D eigenvalue weighted by molar-refractivity contribution is 7.90. The van der Waals surface area contributed by atoms with Crippen molar-refractivity contribution in [1.29, 1.82) is 0 Å². The first-order valence-electron chi connectivity index (χ1n) is 13.1. The minimum Gasteiger partial charge on any atom is -0.335 e. The topological polar surface area (TPSA) is 142 Å². The number of aromatic nitrogens is 7. The number of aryl methyl sites for hydroxylation is 1. The third-order valence-corrected chi connectivity index (χ3v) is 7.71. The van der Waals surface area contributed by atoms with E-state index in [1.807, 2.05) is 12.3 Å². The van der Waals surface area contributed by atoms with Crippen molar-refractivity contribution in [2.75, 3.05) is 18.6 Å². The third-order valence-electron chi connectivity index (χ3n) is 6.76. The summed E-state index contributed by atoms with van der Waals surface area (Å²) in [5.74, 6) is -0.0105. The van der Waals surface area contributed by atoms with Crippen LogP contribution in [0.3, 0.4) is 0 Å². The van der Waals surface area contributed by atoms with Crippen molar-refractivity contribution in [2.45, 2.75) is 19.9 Å². The second kappa shape index (κ2) is 10.8. The number of hydrogen-bond acceptors (Lipinski definition) is 8. The molecule has 0 aliphatic carbocycles. The lowest BCUT2D eigenvalue weighted by atomic mass is 10.0. The van der Waals surface area contributed by atoms with Crippen LogP contribution >= 0.6 is 0 Å². The predicted molar refractivity (Wildman–Crippen MR) is 156 cm³/mol. The van der Waals surface area contributed by atoms with E-state index in [1.165, 1.54) is 18.4 Å². The van der Waals surface area contributed by atoms with Gasteiger partial charge in [0.15, 0.2) is 11.5 Å². The molecule has 6 rings (SSSR count). The van der Waals surface area contributed by atoms with Crippen molar-refractivity contribution >= 4 is 31.9 Å². The minimum atomic E-state index is -3.18. The molecular weight excluding hydrogens is 543 g/mol. The van der Waals surface area contributed by atoms with Gasteiger partial charge in [-0.15, -0.1) is 0 Å². The highest BCUT2D eigenvalue weighted by atomic mass is 32.2. The van der Waals surface area contributed by atoms with Gasteiger partial charge in [0, 0.05) is 47.9 Å². The Kier molecular flexibility index (Phi) is 7.01. The average molecular weight is 571 g/mol. The van der Waals surface area contributed by atoms with E-state index < -0.39 is 15.7 Å². The Hall–Kier alpha value is -4.55. The molecule has 12 heteroatoms. The van der Waals surface area contributed by atoms with Crippen molar-refractivity contribution < 1.29 is 12.8 Å². The number of H-pyrrole nitrogens is 2. The van der Waals surface area contributed by atoms with Crippen LogP contribution in [0, 0.1) is 5.82 Å². The van der Waals surface area contributed by atoms with Crippen molar-refractivity contribution in [3.8, 4) is 33.9 Å². The summed E-state index contributed by atoms with van der Waals surface area (Å²) in [5, 5.41) is 11.7. The number of rotatable bonds is 9. The van der Waals surface area contributed by atoms with Crippen LogP contribution in [0.2, 0.25) is 0 Å². The van der Waals surface area contributed by atoms with Gasteiger partial charge in [0.25, 0.3) is 0 Å². The molecule has 0 unspecified atom stereocenters. The normalized spacial score (nSPS) is 12.0. The molecule has 0 aliphatic heterocycles. The summed E-state index contributed by atoms with van der Waals surface area (Å²) in [6.07, 6.45) is 8.35. The molecule has 0 atom stereocenters. The molecule has 10 nitrogen and oxygen atoms in total. The Labute approximate surface area is 235 Å². The molecule has 6 aromatic rings. The van der Waals surface area contributed by atoms with Crippen molar-refractivity contribution in [2.24, 2.45) is 0 Å². The van der Waals surface area contributed by atoms with Gasteiger partial charge in [-0.05, 0) is 60.0 Å². The number of nitrogens with one attached hydrogen (secondary N) is 3. The van der Waals surface area contributed by atoms with Crippen molar-refractivity contribution in [3.63, 3.8) is 0 Å². The van der Waals surface area contributed by atoms with E-state index in [2.05, 4.69) is 48.4 Å². The summed E-state index contributed by atoms with van der Waals surface area (Å²) in [6.45, 7) is 3.64. The van der Waals surface area contributed by atoms with E-state index in [0.717, 1.165) is 40.8 Å². The van der Waals surface area contributed by atoms with Crippen LogP contribution in [0.5, 0.6) is 0 Å². The fourth-order valence-corrected chi connectivity index (χ4v) is 5.37. The molecule has 0 amide bonds. The molecule has 0 bridgehead atoms. The van der Waals surface area contributed by atoms with Crippen LogP contribution in [-0.2, 0) is 22.8 Å². The fourth-order valence-electron chi connectivity index (χ4n) is 4.77. The summed E-state index contributed by atoms with van der Waals surface area (Å²) in [7, 11) is -3.18. The van der Waals surface area contributed by atoms with Crippen LogP contribution < -0.4 is 5.32 Å². The Bertz CT molecular complexity index is 2000. The summed E-state index contributed by atoms with van der Waals surface area (Å²) in [6, 6.07) is 10.4. The van der Waals surface area contributed by atoms with E-state index in [4.69, 9.17) is 4.98 Å². The molecule has 0 saturated heterocycles. The highest BCUT2D eigenvalue weighted by Crippen LogP contribution is 2.32. The zero-order chi connectivity index (χ0) is 28.6. The van der Waals surface area contributed by atoms with Crippen molar-refractivity contribution in [3.05, 3.63) is 78.1 Å². The maximum absolute atomic E-state index is 14.6. The van der Waals surface area contributed by atoms with Crippen LogP contribution in [0.15, 0.2) is 61.2 Å². The Balaban J connectivity index is 1.39. The molecule has 0 aliphatic rings. The minimum absolute atomic E-state index is 0.0606. The fraction of sp³-hybridized carbons (Fsp3) is 0.207. The Morgan fingerprint density at radius 3 is 2.68 bits per heavy atom. The van der Waals surface area contributed by atoms with E-state index in [9.17, 15) is 12.8 Å². The lowest BCUT2D eigenvalue weighted by Gasteiger charge is -2.07. The average Bonchev–Trinajstić information content (AvgIpc) is 3.58. The van der Waals surface area contributed by atoms with Crippen LogP contribution in [-0.4, -0.2) is 62.1 Å². The van der Waals surface area contributed by atoms with Gasteiger partial charge in [-0.25, -0.2) is 22.8 Å². The van der Waals surface area contributed by atoms with Gasteiger partial charge in [-0.1, -0.05) is 13.0 Å². The first-order valence-corrected chi connectivity index (χ1v) is 15.2. The summed E-state index contributed by atoms with van der Waals surface area (Å²) >= 11 is 0. The van der Waals surface area contributed by atoms with Gasteiger partial charge >= 0.3 is 0 Å². The molecule has 208 valence electrons. The van der Waals surface area contributed by atoms with E-state index >= 15 is 0 Å². The molecule has 3 N–H and O–H groups in total. The first kappa shape index (κ1) is 26.7. The Morgan fingerprint density at radius 1 is 1.00 bits per heavy atom.